The van der Waals surface area contributed by atoms with Crippen LogP contribution in [0.25, 0.3) is 9.40 Å². The van der Waals surface area contributed by atoms with Crippen molar-refractivity contribution in [3.8, 4) is 0 Å². The highest BCUT2D eigenvalue weighted by molar-refractivity contribution is 7.89. The Kier molecular flexibility index (Phi) is 5.94. The first-order valence-corrected chi connectivity index (χ1v) is 15.0. The molecule has 0 radical (unpaired) electrons. The molecule has 0 aromatic carbocycles. The van der Waals surface area contributed by atoms with Gasteiger partial charge in [-0.15, -0.1) is 22.7 Å². The summed E-state index contributed by atoms with van der Waals surface area (Å²) in [5.74, 6) is -0.536. The van der Waals surface area contributed by atoms with Crippen LogP contribution in [0.4, 0.5) is 0 Å². The number of likely N-dealkylation sites (tertiary alicyclic amines) is 1. The number of amides is 2. The number of hydrogen-bond acceptors (Lipinski definition) is 8. The van der Waals surface area contributed by atoms with Gasteiger partial charge in [-0.2, -0.15) is 4.31 Å². The van der Waals surface area contributed by atoms with Gasteiger partial charge in [0.2, 0.25) is 15.9 Å². The molecule has 2 saturated heterocycles. The van der Waals surface area contributed by atoms with E-state index < -0.39 is 28.1 Å². The second-order valence-corrected chi connectivity index (χ2v) is 13.4. The van der Waals surface area contributed by atoms with E-state index in [1.54, 1.807) is 11.3 Å². The number of nitrogens with one attached hydrogen (secondary N) is 1. The SMILES string of the molecule is O=C(NC(CC1CC1)C(=O)N1CCC2C1C(=O)CN2S(=O)(=O)c1cccnc1)c1cc2sccc2s1. The van der Waals surface area contributed by atoms with Crippen LogP contribution in [0.2, 0.25) is 0 Å². The molecule has 2 aliphatic heterocycles. The van der Waals surface area contributed by atoms with E-state index >= 15 is 0 Å². The lowest BCUT2D eigenvalue weighted by Gasteiger charge is -2.28. The molecule has 188 valence electrons. The molecule has 3 fully saturated rings. The molecule has 9 nitrogen and oxygen atoms in total. The van der Waals surface area contributed by atoms with E-state index in [1.807, 2.05) is 17.5 Å². The van der Waals surface area contributed by atoms with Crippen LogP contribution in [0.5, 0.6) is 0 Å². The summed E-state index contributed by atoms with van der Waals surface area (Å²) >= 11 is 2.95. The number of thiophene rings is 2. The normalized spacial score (nSPS) is 23.2. The van der Waals surface area contributed by atoms with Crippen LogP contribution in [0.15, 0.2) is 46.9 Å². The highest BCUT2D eigenvalue weighted by atomic mass is 32.2. The molecular weight excluding hydrogens is 520 g/mol. The van der Waals surface area contributed by atoms with Gasteiger partial charge in [-0.1, -0.05) is 12.8 Å². The number of fused-ring (bicyclic) bond motifs is 2. The summed E-state index contributed by atoms with van der Waals surface area (Å²) in [7, 11) is -3.92. The highest BCUT2D eigenvalue weighted by Crippen LogP contribution is 2.37. The number of pyridine rings is 1. The van der Waals surface area contributed by atoms with E-state index in [9.17, 15) is 22.8 Å². The second kappa shape index (κ2) is 9.02. The molecule has 3 aromatic heterocycles. The first-order chi connectivity index (χ1) is 17.3. The molecule has 2 amide bonds. The first kappa shape index (κ1) is 23.7. The third-order valence-electron chi connectivity index (χ3n) is 7.13. The van der Waals surface area contributed by atoms with Crippen LogP contribution in [0.1, 0.15) is 35.4 Å². The quantitative estimate of drug-likeness (QED) is 0.489. The van der Waals surface area contributed by atoms with Crippen LogP contribution in [0, 0.1) is 5.92 Å². The minimum absolute atomic E-state index is 0.0259. The van der Waals surface area contributed by atoms with E-state index in [0.717, 1.165) is 22.2 Å². The van der Waals surface area contributed by atoms with Crippen molar-refractivity contribution in [1.29, 1.82) is 0 Å². The number of aromatic nitrogens is 1. The number of carbonyl (C=O) groups is 3. The van der Waals surface area contributed by atoms with E-state index in [4.69, 9.17) is 0 Å². The lowest BCUT2D eigenvalue weighted by Crippen LogP contribution is -2.52. The first-order valence-electron chi connectivity index (χ1n) is 11.9. The molecule has 1 saturated carbocycles. The van der Waals surface area contributed by atoms with Gasteiger partial charge in [-0.25, -0.2) is 8.42 Å². The molecule has 6 rings (SSSR count). The van der Waals surface area contributed by atoms with Crippen LogP contribution in [0.3, 0.4) is 0 Å². The van der Waals surface area contributed by atoms with Gasteiger partial charge in [-0.05, 0) is 48.4 Å². The van der Waals surface area contributed by atoms with Gasteiger partial charge in [-0.3, -0.25) is 19.4 Å². The predicted molar refractivity (Wildman–Crippen MR) is 135 cm³/mol. The number of carbonyl (C=O) groups excluding carboxylic acids is 3. The Labute approximate surface area is 216 Å². The van der Waals surface area contributed by atoms with E-state index in [1.165, 1.54) is 45.1 Å². The maximum atomic E-state index is 13.7. The second-order valence-electron chi connectivity index (χ2n) is 9.50. The largest absolute Gasteiger partial charge is 0.340 e. The smallest absolute Gasteiger partial charge is 0.262 e. The summed E-state index contributed by atoms with van der Waals surface area (Å²) in [6.45, 7) is -0.00728. The average molecular weight is 545 g/mol. The number of ketones is 1. The summed E-state index contributed by atoms with van der Waals surface area (Å²) in [6, 6.07) is 4.59. The summed E-state index contributed by atoms with van der Waals surface area (Å²) in [5, 5.41) is 4.90. The minimum atomic E-state index is -3.92. The highest BCUT2D eigenvalue weighted by Gasteiger charge is 2.54. The zero-order chi connectivity index (χ0) is 25.0. The third-order valence-corrected chi connectivity index (χ3v) is 11.1. The summed E-state index contributed by atoms with van der Waals surface area (Å²) in [6.07, 6.45) is 5.66. The molecule has 36 heavy (non-hydrogen) atoms. The van der Waals surface area contributed by atoms with Gasteiger partial charge >= 0.3 is 0 Å². The molecule has 5 heterocycles. The van der Waals surface area contributed by atoms with Crippen LogP contribution >= 0.6 is 22.7 Å². The van der Waals surface area contributed by atoms with Gasteiger partial charge < -0.3 is 10.2 Å². The Morgan fingerprint density at radius 2 is 2.03 bits per heavy atom. The maximum absolute atomic E-state index is 13.7. The fourth-order valence-corrected chi connectivity index (χ4v) is 8.79. The molecule has 3 unspecified atom stereocenters. The molecule has 1 aliphatic carbocycles. The lowest BCUT2D eigenvalue weighted by atomic mass is 10.1. The third kappa shape index (κ3) is 4.15. The Morgan fingerprint density at radius 3 is 2.75 bits per heavy atom. The van der Waals surface area contributed by atoms with Crippen LogP contribution < -0.4 is 5.32 Å². The summed E-state index contributed by atoms with van der Waals surface area (Å²) in [5.41, 5.74) is 0. The predicted octanol–water partition coefficient (Wildman–Crippen LogP) is 2.50. The van der Waals surface area contributed by atoms with E-state index in [2.05, 4.69) is 10.3 Å². The zero-order valence-corrected chi connectivity index (χ0v) is 21.7. The molecule has 0 spiro atoms. The fraction of sp³-hybridized carbons (Fsp3) is 0.417. The van der Waals surface area contributed by atoms with Crippen molar-refractivity contribution >= 4 is 59.7 Å². The molecule has 3 aliphatic rings. The van der Waals surface area contributed by atoms with E-state index in [0.29, 0.717) is 23.6 Å². The van der Waals surface area contributed by atoms with Gasteiger partial charge in [0.15, 0.2) is 5.78 Å². The number of Topliss-reactive ketones (excluding diaryl/α,β-unsaturated/α-hetero) is 1. The van der Waals surface area contributed by atoms with Crippen molar-refractivity contribution in [2.45, 2.75) is 48.7 Å². The molecular formula is C24H24N4O5S3. The molecule has 0 bridgehead atoms. The zero-order valence-electron chi connectivity index (χ0n) is 19.2. The Balaban J connectivity index is 1.22. The molecule has 3 aromatic rings. The Morgan fingerprint density at radius 1 is 1.19 bits per heavy atom. The van der Waals surface area contributed by atoms with Crippen molar-refractivity contribution in [3.63, 3.8) is 0 Å². The number of hydrogen-bond donors (Lipinski definition) is 1. The van der Waals surface area contributed by atoms with Gasteiger partial charge in [0.1, 0.15) is 17.0 Å². The minimum Gasteiger partial charge on any atom is -0.340 e. The van der Waals surface area contributed by atoms with Crippen LogP contribution in [-0.2, 0) is 19.6 Å². The fourth-order valence-electron chi connectivity index (χ4n) is 5.19. The topological polar surface area (TPSA) is 117 Å². The van der Waals surface area contributed by atoms with E-state index in [-0.39, 0.29) is 35.6 Å². The van der Waals surface area contributed by atoms with Crippen molar-refractivity contribution in [2.75, 3.05) is 13.1 Å². The molecule has 12 heteroatoms. The number of nitrogens with zero attached hydrogens (tertiary/aromatic N) is 3. The molecule has 1 N–H and O–H groups in total. The van der Waals surface area contributed by atoms with Gasteiger partial charge in [0.25, 0.3) is 5.91 Å². The van der Waals surface area contributed by atoms with Crippen molar-refractivity contribution in [2.24, 2.45) is 5.92 Å². The average Bonchev–Trinajstić information content (AvgIpc) is 3.21. The monoisotopic (exact) mass is 544 g/mol. The van der Waals surface area contributed by atoms with Crippen molar-refractivity contribution in [1.82, 2.24) is 19.5 Å². The van der Waals surface area contributed by atoms with Crippen molar-refractivity contribution < 1.29 is 22.8 Å². The standard InChI is InChI=1S/C24H24N4O5S3/c29-18-13-28(36(32,33)15-2-1-7-25-12-15)17-5-8-27(22(17)18)24(31)16(10-14-3-4-14)26-23(30)21-11-20-19(35-21)6-9-34-20/h1-2,6-7,9,11-12,14,16-17,22H,3-5,8,10,13H2,(H,26,30). The molecule has 3 atom stereocenters. The van der Waals surface area contributed by atoms with Crippen LogP contribution in [-0.4, -0.2) is 71.4 Å². The summed E-state index contributed by atoms with van der Waals surface area (Å²) in [4.78, 5) is 45.7. The van der Waals surface area contributed by atoms with Gasteiger partial charge in [0, 0.05) is 28.3 Å². The van der Waals surface area contributed by atoms with Crippen molar-refractivity contribution in [3.05, 3.63) is 46.9 Å². The Bertz CT molecular complexity index is 1420. The number of sulfonamides is 1. The number of rotatable bonds is 7. The Hall–Kier alpha value is -2.67. The lowest BCUT2D eigenvalue weighted by molar-refractivity contribution is -0.138. The van der Waals surface area contributed by atoms with Gasteiger partial charge in [0.05, 0.1) is 17.5 Å². The maximum Gasteiger partial charge on any atom is 0.262 e. The summed E-state index contributed by atoms with van der Waals surface area (Å²) < 4.78 is 29.7.